The summed E-state index contributed by atoms with van der Waals surface area (Å²) in [6.07, 6.45) is 0.0670. The molecule has 7 heteroatoms. The number of aliphatic hydroxyl groups excluding tert-OH is 1. The molecule has 2 atom stereocenters. The second-order valence-electron chi connectivity index (χ2n) is 8.43. The molecule has 0 unspecified atom stereocenters. The Morgan fingerprint density at radius 1 is 0.771 bits per heavy atom. The third-order valence-electron chi connectivity index (χ3n) is 6.08. The molecular weight excluding hydrogens is 466 g/mol. The number of hydrogen-bond acceptors (Lipinski definition) is 6. The van der Waals surface area contributed by atoms with Gasteiger partial charge < -0.3 is 24.1 Å². The zero-order valence-electron chi connectivity index (χ0n) is 21.0. The van der Waals surface area contributed by atoms with E-state index in [0.29, 0.717) is 41.1 Å². The number of rotatable bonds is 12. The van der Waals surface area contributed by atoms with Crippen molar-refractivity contribution < 1.29 is 24.1 Å². The maximum atomic E-state index is 11.1. The predicted octanol–water partition coefficient (Wildman–Crippen LogP) is 5.54. The van der Waals surface area contributed by atoms with Crippen LogP contribution < -0.4 is 18.9 Å². The minimum Gasteiger partial charge on any atom is -0.493 e. The highest BCUT2D eigenvalue weighted by Crippen LogP contribution is 2.31. The Kier molecular flexibility index (Phi) is 9.66. The molecule has 3 aromatic rings. The molecule has 0 fully saturated rings. The molecule has 0 aliphatic rings. The number of methoxy groups -OCH3 is 4. The highest BCUT2D eigenvalue weighted by molar-refractivity contribution is 6.30. The van der Waals surface area contributed by atoms with Crippen LogP contribution in [0.3, 0.4) is 0 Å². The summed E-state index contributed by atoms with van der Waals surface area (Å²) >= 11 is 6.17. The van der Waals surface area contributed by atoms with Crippen LogP contribution >= 0.6 is 11.6 Å². The molecule has 0 saturated carbocycles. The molecule has 0 aliphatic heterocycles. The van der Waals surface area contributed by atoms with Crippen molar-refractivity contribution >= 4 is 11.6 Å². The first-order valence-electron chi connectivity index (χ1n) is 11.5. The lowest BCUT2D eigenvalue weighted by Gasteiger charge is -2.32. The van der Waals surface area contributed by atoms with Gasteiger partial charge in [0, 0.05) is 24.2 Å². The second kappa shape index (κ2) is 12.7. The lowest BCUT2D eigenvalue weighted by atomic mass is 10.0. The average molecular weight is 500 g/mol. The van der Waals surface area contributed by atoms with Crippen molar-refractivity contribution in [1.29, 1.82) is 0 Å². The second-order valence-corrected chi connectivity index (χ2v) is 8.87. The van der Waals surface area contributed by atoms with Gasteiger partial charge in [-0.15, -0.1) is 0 Å². The van der Waals surface area contributed by atoms with Crippen molar-refractivity contribution in [1.82, 2.24) is 4.90 Å². The van der Waals surface area contributed by atoms with Crippen LogP contribution in [0, 0.1) is 0 Å². The highest BCUT2D eigenvalue weighted by atomic mass is 35.5. The average Bonchev–Trinajstić information content (AvgIpc) is 2.87. The number of ether oxygens (including phenoxy) is 4. The molecule has 0 bridgehead atoms. The summed E-state index contributed by atoms with van der Waals surface area (Å²) in [6.45, 7) is 3.21. The summed E-state index contributed by atoms with van der Waals surface area (Å²) in [5.41, 5.74) is 2.96. The van der Waals surface area contributed by atoms with Crippen molar-refractivity contribution in [2.45, 2.75) is 32.0 Å². The van der Waals surface area contributed by atoms with Gasteiger partial charge >= 0.3 is 0 Å². The van der Waals surface area contributed by atoms with Gasteiger partial charge in [-0.3, -0.25) is 4.90 Å². The molecule has 0 saturated heterocycles. The van der Waals surface area contributed by atoms with Crippen LogP contribution in [-0.2, 0) is 13.0 Å². The van der Waals surface area contributed by atoms with Crippen LogP contribution in [0.5, 0.6) is 23.0 Å². The zero-order valence-corrected chi connectivity index (χ0v) is 21.7. The minimum absolute atomic E-state index is 0.107. The minimum atomic E-state index is -0.693. The summed E-state index contributed by atoms with van der Waals surface area (Å²) in [5.74, 6) is 2.75. The molecule has 35 heavy (non-hydrogen) atoms. The molecule has 0 amide bonds. The van der Waals surface area contributed by atoms with Gasteiger partial charge in [0.15, 0.2) is 23.0 Å². The lowest BCUT2D eigenvalue weighted by molar-refractivity contribution is 0.0858. The number of nitrogens with zero attached hydrogens (tertiary/aromatic N) is 1. The molecule has 0 spiro atoms. The van der Waals surface area contributed by atoms with Crippen molar-refractivity contribution in [3.63, 3.8) is 0 Å². The van der Waals surface area contributed by atoms with Crippen molar-refractivity contribution in [3.8, 4) is 23.0 Å². The predicted molar refractivity (Wildman–Crippen MR) is 139 cm³/mol. The van der Waals surface area contributed by atoms with Crippen LogP contribution in [0.4, 0.5) is 0 Å². The summed E-state index contributed by atoms with van der Waals surface area (Å²) in [5, 5.41) is 11.7. The quantitative estimate of drug-likeness (QED) is 0.353. The lowest BCUT2D eigenvalue weighted by Crippen LogP contribution is -2.37. The van der Waals surface area contributed by atoms with Crippen LogP contribution in [0.1, 0.15) is 29.7 Å². The fourth-order valence-electron chi connectivity index (χ4n) is 4.13. The van der Waals surface area contributed by atoms with E-state index in [9.17, 15) is 5.11 Å². The Bertz CT molecular complexity index is 1110. The molecule has 188 valence electrons. The monoisotopic (exact) mass is 499 g/mol. The van der Waals surface area contributed by atoms with Crippen LogP contribution in [0.25, 0.3) is 0 Å². The van der Waals surface area contributed by atoms with Crippen LogP contribution in [-0.4, -0.2) is 51.0 Å². The summed E-state index contributed by atoms with van der Waals surface area (Å²) in [7, 11) is 6.51. The number of aliphatic hydroxyl groups is 1. The van der Waals surface area contributed by atoms with Crippen LogP contribution in [0.15, 0.2) is 60.7 Å². The third-order valence-corrected chi connectivity index (χ3v) is 6.31. The smallest absolute Gasteiger partial charge is 0.161 e. The number of hydrogen-bond donors (Lipinski definition) is 1. The summed E-state index contributed by atoms with van der Waals surface area (Å²) in [6, 6.07) is 19.3. The molecule has 3 rings (SSSR count). The van der Waals surface area contributed by atoms with E-state index in [-0.39, 0.29) is 6.04 Å². The topological polar surface area (TPSA) is 60.4 Å². The first-order valence-corrected chi connectivity index (χ1v) is 11.9. The Hall–Kier alpha value is -2.93. The van der Waals surface area contributed by atoms with Gasteiger partial charge in [-0.05, 0) is 66.4 Å². The Morgan fingerprint density at radius 2 is 1.34 bits per heavy atom. The molecule has 0 radical (unpaired) electrons. The van der Waals surface area contributed by atoms with Gasteiger partial charge in [-0.25, -0.2) is 0 Å². The standard InChI is InChI=1S/C28H34ClNO5/c1-19(13-20-9-11-25(32-2)27(14-20)34-4)30(18-24(31)22-7-6-8-23(29)16-22)17-21-10-12-26(33-3)28(15-21)35-5/h6-12,14-16,19,24,31H,13,17-18H2,1-5H3/t19-,24+/m1/s1. The molecule has 0 aromatic heterocycles. The molecule has 1 N–H and O–H groups in total. The number of halogens is 1. The molecular formula is C28H34ClNO5. The number of benzene rings is 3. The van der Waals surface area contributed by atoms with Gasteiger partial charge in [-0.1, -0.05) is 35.9 Å². The molecule has 6 nitrogen and oxygen atoms in total. The fourth-order valence-corrected chi connectivity index (χ4v) is 4.33. The van der Waals surface area contributed by atoms with E-state index in [1.165, 1.54) is 0 Å². The van der Waals surface area contributed by atoms with E-state index in [2.05, 4.69) is 11.8 Å². The van der Waals surface area contributed by atoms with Crippen molar-refractivity contribution in [3.05, 3.63) is 82.4 Å². The van der Waals surface area contributed by atoms with E-state index in [1.807, 2.05) is 48.5 Å². The van der Waals surface area contributed by atoms with Gasteiger partial charge in [-0.2, -0.15) is 0 Å². The first kappa shape index (κ1) is 26.7. The van der Waals surface area contributed by atoms with Gasteiger partial charge in [0.25, 0.3) is 0 Å². The van der Waals surface area contributed by atoms with Crippen LogP contribution in [0.2, 0.25) is 5.02 Å². The van der Waals surface area contributed by atoms with Gasteiger partial charge in [0.05, 0.1) is 34.5 Å². The largest absolute Gasteiger partial charge is 0.493 e. The first-order chi connectivity index (χ1) is 16.9. The molecule has 3 aromatic carbocycles. The van der Waals surface area contributed by atoms with E-state index in [0.717, 1.165) is 23.1 Å². The maximum absolute atomic E-state index is 11.1. The molecule has 0 heterocycles. The zero-order chi connectivity index (χ0) is 25.4. The van der Waals surface area contributed by atoms with Crippen molar-refractivity contribution in [2.75, 3.05) is 35.0 Å². The van der Waals surface area contributed by atoms with Gasteiger partial charge in [0.2, 0.25) is 0 Å². The Morgan fingerprint density at radius 3 is 1.91 bits per heavy atom. The van der Waals surface area contributed by atoms with E-state index >= 15 is 0 Å². The molecule has 0 aliphatic carbocycles. The SMILES string of the molecule is COc1ccc(C[C@@H](C)N(Cc2ccc(OC)c(OC)c2)C[C@H](O)c2cccc(Cl)c2)cc1OC. The third kappa shape index (κ3) is 7.04. The normalized spacial score (nSPS) is 12.8. The Balaban J connectivity index is 1.86. The fraction of sp³-hybridized carbons (Fsp3) is 0.357. The summed E-state index contributed by atoms with van der Waals surface area (Å²) < 4.78 is 21.7. The summed E-state index contributed by atoms with van der Waals surface area (Å²) in [4.78, 5) is 2.25. The van der Waals surface area contributed by atoms with E-state index in [4.69, 9.17) is 30.5 Å². The van der Waals surface area contributed by atoms with E-state index < -0.39 is 6.10 Å². The van der Waals surface area contributed by atoms with Gasteiger partial charge in [0.1, 0.15) is 0 Å². The highest BCUT2D eigenvalue weighted by Gasteiger charge is 2.21. The van der Waals surface area contributed by atoms with E-state index in [1.54, 1.807) is 40.6 Å². The Labute approximate surface area is 213 Å². The van der Waals surface area contributed by atoms with Crippen molar-refractivity contribution in [2.24, 2.45) is 0 Å². The maximum Gasteiger partial charge on any atom is 0.161 e.